The lowest BCUT2D eigenvalue weighted by Crippen LogP contribution is -2.22. The van der Waals surface area contributed by atoms with E-state index in [-0.39, 0.29) is 60.3 Å². The number of nitrogens with zero attached hydrogens (tertiary/aromatic N) is 2. The lowest BCUT2D eigenvalue weighted by molar-refractivity contribution is -0.137. The van der Waals surface area contributed by atoms with Gasteiger partial charge in [0, 0.05) is 42.5 Å². The second-order valence-corrected chi connectivity index (χ2v) is 9.77. The first-order valence-electron chi connectivity index (χ1n) is 10.6. The van der Waals surface area contributed by atoms with Gasteiger partial charge in [-0.3, -0.25) is 19.2 Å². The molecular weight excluding hydrogens is 566 g/mol. The summed E-state index contributed by atoms with van der Waals surface area (Å²) in [6, 6.07) is 9.79. The minimum atomic E-state index is -4.58. The molecule has 1 aliphatic carbocycles. The number of amides is 2. The zero-order valence-corrected chi connectivity index (χ0v) is 22.1. The molecule has 198 valence electrons. The number of aromatic nitrogens is 1. The summed E-state index contributed by atoms with van der Waals surface area (Å²) in [4.78, 5) is 52.5. The van der Waals surface area contributed by atoms with Gasteiger partial charge in [-0.1, -0.05) is 59.2 Å². The Balaban J connectivity index is 0.000000732. The number of pyridine rings is 1. The Kier molecular flexibility index (Phi) is 9.18. The molecule has 2 aromatic carbocycles. The number of anilines is 1. The fraction of sp³-hybridized carbons (Fsp3) is 0.160. The Bertz CT molecular complexity index is 1430. The highest BCUT2D eigenvalue weighted by Crippen LogP contribution is 2.35. The Hall–Kier alpha value is -3.41. The lowest BCUT2D eigenvalue weighted by Gasteiger charge is -2.19. The molecule has 1 N–H and O–H groups in total. The molecule has 2 amide bonds. The summed E-state index contributed by atoms with van der Waals surface area (Å²) in [6.45, 7) is 0. The molecule has 1 aliphatic rings. The van der Waals surface area contributed by atoms with Gasteiger partial charge in [-0.2, -0.15) is 13.2 Å². The number of hydrogen-bond acceptors (Lipinski definition) is 6. The van der Waals surface area contributed by atoms with E-state index in [1.54, 1.807) is 38.4 Å². The van der Waals surface area contributed by atoms with Gasteiger partial charge in [0.25, 0.3) is 0 Å². The van der Waals surface area contributed by atoms with Gasteiger partial charge in [0.05, 0.1) is 27.0 Å². The molecule has 0 bridgehead atoms. The molecule has 4 rings (SSSR count). The number of carbonyl (C=O) groups is 4. The molecule has 0 spiro atoms. The van der Waals surface area contributed by atoms with Crippen molar-refractivity contribution in [1.29, 1.82) is 0 Å². The van der Waals surface area contributed by atoms with Crippen LogP contribution in [0.25, 0.3) is 0 Å². The van der Waals surface area contributed by atoms with Crippen LogP contribution in [-0.2, 0) is 15.8 Å². The molecule has 3 aromatic rings. The number of hydrogen-bond donors (Lipinski definition) is 1. The average Bonchev–Trinajstić information content (AvgIpc) is 2.87. The van der Waals surface area contributed by atoms with Crippen LogP contribution in [-0.4, -0.2) is 53.6 Å². The molecule has 1 aromatic heterocycles. The van der Waals surface area contributed by atoms with E-state index in [9.17, 15) is 32.3 Å². The van der Waals surface area contributed by atoms with Crippen LogP contribution in [0.4, 0.5) is 18.9 Å². The monoisotopic (exact) mass is 583 g/mol. The summed E-state index contributed by atoms with van der Waals surface area (Å²) in [5.74, 6) is -1.52. The average molecular weight is 584 g/mol. The number of fused-ring (bicyclic) bond motifs is 2. The van der Waals surface area contributed by atoms with E-state index in [0.717, 1.165) is 24.2 Å². The van der Waals surface area contributed by atoms with Gasteiger partial charge in [-0.05, 0) is 18.2 Å². The highest BCUT2D eigenvalue weighted by atomic mass is 35.5. The van der Waals surface area contributed by atoms with Gasteiger partial charge in [0.1, 0.15) is 5.03 Å². The summed E-state index contributed by atoms with van der Waals surface area (Å²) >= 11 is 12.9. The first-order valence-corrected chi connectivity index (χ1v) is 12.4. The van der Waals surface area contributed by atoms with Crippen LogP contribution in [0.2, 0.25) is 10.0 Å². The molecule has 0 saturated carbocycles. The van der Waals surface area contributed by atoms with E-state index >= 15 is 0 Å². The van der Waals surface area contributed by atoms with Crippen molar-refractivity contribution in [2.45, 2.75) is 11.2 Å². The number of benzene rings is 2. The van der Waals surface area contributed by atoms with Crippen LogP contribution in [0.5, 0.6) is 0 Å². The van der Waals surface area contributed by atoms with Crippen LogP contribution in [0.1, 0.15) is 37.4 Å². The minimum absolute atomic E-state index is 0.0498. The number of carbonyl (C=O) groups excluding carboxylic acids is 4. The van der Waals surface area contributed by atoms with Gasteiger partial charge in [-0.15, -0.1) is 0 Å². The Morgan fingerprint density at radius 3 is 2.05 bits per heavy atom. The van der Waals surface area contributed by atoms with E-state index in [0.29, 0.717) is 6.20 Å². The van der Waals surface area contributed by atoms with Crippen LogP contribution >= 0.6 is 35.0 Å². The SMILES string of the molecule is CN(C)C=O.O=C(CSc1ncc(C(F)(F)F)cc1Cl)Nc1cc2c(cc1Cl)C(=O)c1ccccc1C2=O. The third kappa shape index (κ3) is 6.72. The van der Waals surface area contributed by atoms with E-state index in [1.165, 1.54) is 17.0 Å². The van der Waals surface area contributed by atoms with Crippen molar-refractivity contribution in [3.63, 3.8) is 0 Å². The summed E-state index contributed by atoms with van der Waals surface area (Å²) in [7, 11) is 3.38. The molecule has 0 fully saturated rings. The largest absolute Gasteiger partial charge is 0.417 e. The van der Waals surface area contributed by atoms with Crippen LogP contribution in [0.15, 0.2) is 53.7 Å². The van der Waals surface area contributed by atoms with Crippen molar-refractivity contribution in [2.75, 3.05) is 25.2 Å². The highest BCUT2D eigenvalue weighted by Gasteiger charge is 2.32. The van der Waals surface area contributed by atoms with Crippen molar-refractivity contribution in [2.24, 2.45) is 0 Å². The van der Waals surface area contributed by atoms with Crippen molar-refractivity contribution < 1.29 is 32.3 Å². The second-order valence-electron chi connectivity index (χ2n) is 8.00. The minimum Gasteiger partial charge on any atom is -0.351 e. The molecular formula is C25H18Cl2F3N3O4S. The number of nitrogens with one attached hydrogen (secondary N) is 1. The summed E-state index contributed by atoms with van der Waals surface area (Å²) in [5, 5.41) is 2.40. The van der Waals surface area contributed by atoms with E-state index in [1.807, 2.05) is 0 Å². The third-order valence-electron chi connectivity index (χ3n) is 4.97. The zero-order valence-electron chi connectivity index (χ0n) is 19.7. The molecule has 0 saturated heterocycles. The van der Waals surface area contributed by atoms with Crippen molar-refractivity contribution >= 4 is 64.5 Å². The zero-order chi connectivity index (χ0) is 28.2. The van der Waals surface area contributed by atoms with E-state index in [4.69, 9.17) is 23.2 Å². The number of ketones is 2. The van der Waals surface area contributed by atoms with E-state index in [2.05, 4.69) is 10.3 Å². The fourth-order valence-corrected chi connectivity index (χ4v) is 4.43. The van der Waals surface area contributed by atoms with Crippen LogP contribution in [0.3, 0.4) is 0 Å². The maximum absolute atomic E-state index is 12.8. The maximum Gasteiger partial charge on any atom is 0.417 e. The first-order chi connectivity index (χ1) is 17.8. The predicted octanol–water partition coefficient (Wildman–Crippen LogP) is 5.62. The number of thioether (sulfide) groups is 1. The van der Waals surface area contributed by atoms with Gasteiger partial charge >= 0.3 is 6.18 Å². The maximum atomic E-state index is 12.8. The number of rotatable bonds is 5. The number of alkyl halides is 3. The highest BCUT2D eigenvalue weighted by molar-refractivity contribution is 8.00. The van der Waals surface area contributed by atoms with E-state index < -0.39 is 17.6 Å². The Morgan fingerprint density at radius 2 is 1.55 bits per heavy atom. The van der Waals surface area contributed by atoms with Crippen LogP contribution < -0.4 is 5.32 Å². The van der Waals surface area contributed by atoms with Gasteiger partial charge in [0.2, 0.25) is 12.3 Å². The van der Waals surface area contributed by atoms with Crippen LogP contribution in [0, 0.1) is 0 Å². The number of halogens is 5. The molecule has 38 heavy (non-hydrogen) atoms. The molecule has 7 nitrogen and oxygen atoms in total. The van der Waals surface area contributed by atoms with Crippen molar-refractivity contribution in [3.05, 3.63) is 86.5 Å². The smallest absolute Gasteiger partial charge is 0.351 e. The van der Waals surface area contributed by atoms with Crippen molar-refractivity contribution in [1.82, 2.24) is 9.88 Å². The summed E-state index contributed by atoms with van der Waals surface area (Å²) in [5.41, 5.74) is -0.0976. The van der Waals surface area contributed by atoms with Gasteiger partial charge in [0.15, 0.2) is 11.6 Å². The lowest BCUT2D eigenvalue weighted by atomic mass is 9.84. The first kappa shape index (κ1) is 29.2. The topological polar surface area (TPSA) is 96.4 Å². The standard InChI is InChI=1S/C22H11Cl2F3N2O3S.C3H7NO/c23-15-6-13-14(20(32)12-4-2-1-3-11(12)19(13)31)7-17(15)29-18(30)9-33-21-16(24)5-10(8-28-21)22(25,26)27;1-4(2)3-5/h1-8H,9H2,(H,29,30);3H,1-2H3. The fourth-order valence-electron chi connectivity index (χ4n) is 3.22. The summed E-state index contributed by atoms with van der Waals surface area (Å²) < 4.78 is 38.2. The molecule has 1 heterocycles. The Morgan fingerprint density at radius 1 is 1.00 bits per heavy atom. The molecule has 13 heteroatoms. The predicted molar refractivity (Wildman–Crippen MR) is 138 cm³/mol. The van der Waals surface area contributed by atoms with Crippen molar-refractivity contribution in [3.8, 4) is 0 Å². The second kappa shape index (κ2) is 12.0. The molecule has 0 aliphatic heterocycles. The Labute approximate surface area is 229 Å². The molecule has 0 radical (unpaired) electrons. The molecule has 0 unspecified atom stereocenters. The quantitative estimate of drug-likeness (QED) is 0.242. The summed E-state index contributed by atoms with van der Waals surface area (Å²) in [6.07, 6.45) is -3.20. The van der Waals surface area contributed by atoms with Gasteiger partial charge < -0.3 is 10.2 Å². The molecule has 0 atom stereocenters. The third-order valence-corrected chi connectivity index (χ3v) is 6.69. The van der Waals surface area contributed by atoms with Gasteiger partial charge in [-0.25, -0.2) is 4.98 Å². The normalized spacial score (nSPS) is 12.1.